The van der Waals surface area contributed by atoms with Crippen LogP contribution in [0.25, 0.3) is 0 Å². The molecular weight excluding hydrogens is 331 g/mol. The summed E-state index contributed by atoms with van der Waals surface area (Å²) in [6.07, 6.45) is 0.618. The molecule has 2 rings (SSSR count). The van der Waals surface area contributed by atoms with E-state index in [1.54, 1.807) is 30.6 Å². The fourth-order valence-electron chi connectivity index (χ4n) is 2.18. The fraction of sp³-hybridized carbons (Fsp3) is 0.625. The Labute approximate surface area is 146 Å². The van der Waals surface area contributed by atoms with Gasteiger partial charge in [-0.3, -0.25) is 10.1 Å². The van der Waals surface area contributed by atoms with E-state index in [9.17, 15) is 19.3 Å². The molecule has 0 aliphatic carbocycles. The van der Waals surface area contributed by atoms with E-state index in [0.29, 0.717) is 26.2 Å². The summed E-state index contributed by atoms with van der Waals surface area (Å²) in [6, 6.07) is 0.850. The second-order valence-corrected chi connectivity index (χ2v) is 6.21. The number of carbonyl (C=O) groups is 1. The third-order valence-electron chi connectivity index (χ3n) is 3.25. The molecule has 2 heterocycles. The van der Waals surface area contributed by atoms with Crippen molar-refractivity contribution in [2.24, 2.45) is 0 Å². The summed E-state index contributed by atoms with van der Waals surface area (Å²) in [7, 11) is 0. The summed E-state index contributed by atoms with van der Waals surface area (Å²) in [5.41, 5.74) is -0.959. The van der Waals surface area contributed by atoms with E-state index >= 15 is 0 Å². The molecule has 0 radical (unpaired) electrons. The van der Waals surface area contributed by atoms with Gasteiger partial charge in [-0.15, -0.1) is 0 Å². The number of hydrogen-bond acceptors (Lipinski definition) is 6. The van der Waals surface area contributed by atoms with E-state index in [0.717, 1.165) is 12.3 Å². The second kappa shape index (κ2) is 8.59. The molecule has 0 aromatic carbocycles. The van der Waals surface area contributed by atoms with Crippen LogP contribution in [-0.4, -0.2) is 52.7 Å². The standard InChI is InChI=1S/C14H19FN4O4.C2H6/c1-14(2,3)23-13(20)18-6-4-17(5-7-18)12-11(15)8-10(9-16-12)19(21)22;1-2/h8-9H,4-7H2,1-3H3;1-2H3. The van der Waals surface area contributed by atoms with Crippen molar-refractivity contribution in [2.75, 3.05) is 31.1 Å². The molecule has 9 heteroatoms. The van der Waals surface area contributed by atoms with E-state index < -0.39 is 28.1 Å². The van der Waals surface area contributed by atoms with Gasteiger partial charge < -0.3 is 14.5 Å². The van der Waals surface area contributed by atoms with Gasteiger partial charge in [0.05, 0.1) is 11.0 Å². The molecule has 0 saturated carbocycles. The number of nitro groups is 1. The zero-order chi connectivity index (χ0) is 19.2. The molecule has 140 valence electrons. The Kier molecular flexibility index (Phi) is 7.08. The highest BCUT2D eigenvalue weighted by molar-refractivity contribution is 5.68. The van der Waals surface area contributed by atoms with Gasteiger partial charge >= 0.3 is 6.09 Å². The number of anilines is 1. The summed E-state index contributed by atoms with van der Waals surface area (Å²) in [5, 5.41) is 10.6. The summed E-state index contributed by atoms with van der Waals surface area (Å²) >= 11 is 0. The minimum Gasteiger partial charge on any atom is -0.444 e. The predicted molar refractivity (Wildman–Crippen MR) is 92.2 cm³/mol. The first kappa shape index (κ1) is 20.6. The molecule has 25 heavy (non-hydrogen) atoms. The third kappa shape index (κ3) is 5.84. The first-order valence-corrected chi connectivity index (χ1v) is 8.20. The number of pyridine rings is 1. The van der Waals surface area contributed by atoms with Crippen molar-refractivity contribution in [1.29, 1.82) is 0 Å². The van der Waals surface area contributed by atoms with Crippen LogP contribution >= 0.6 is 0 Å². The maximum absolute atomic E-state index is 14.0. The average Bonchev–Trinajstić information content (AvgIpc) is 2.55. The number of halogens is 1. The molecule has 1 aromatic rings. The molecule has 0 spiro atoms. The monoisotopic (exact) mass is 356 g/mol. The number of piperazine rings is 1. The number of hydrogen-bond donors (Lipinski definition) is 0. The summed E-state index contributed by atoms with van der Waals surface area (Å²) in [6.45, 7) is 10.9. The first-order chi connectivity index (χ1) is 11.7. The van der Waals surface area contributed by atoms with E-state index in [1.807, 2.05) is 13.8 Å². The van der Waals surface area contributed by atoms with E-state index in [-0.39, 0.29) is 5.82 Å². The van der Waals surface area contributed by atoms with Gasteiger partial charge in [-0.25, -0.2) is 14.2 Å². The van der Waals surface area contributed by atoms with Gasteiger partial charge in [0.1, 0.15) is 11.8 Å². The number of carbonyl (C=O) groups excluding carboxylic acids is 1. The first-order valence-electron chi connectivity index (χ1n) is 8.20. The Morgan fingerprint density at radius 3 is 2.28 bits per heavy atom. The van der Waals surface area contributed by atoms with Crippen molar-refractivity contribution in [3.63, 3.8) is 0 Å². The molecule has 1 amide bonds. The molecule has 1 aliphatic rings. The topological polar surface area (TPSA) is 88.8 Å². The Hall–Kier alpha value is -2.45. The minimum atomic E-state index is -0.745. The Balaban J connectivity index is 0.00000151. The van der Waals surface area contributed by atoms with Crippen molar-refractivity contribution < 1.29 is 18.8 Å². The van der Waals surface area contributed by atoms with Gasteiger partial charge in [0.2, 0.25) is 0 Å². The lowest BCUT2D eigenvalue weighted by Crippen LogP contribution is -2.50. The van der Waals surface area contributed by atoms with Gasteiger partial charge in [-0.1, -0.05) is 13.8 Å². The zero-order valence-corrected chi connectivity index (χ0v) is 15.3. The van der Waals surface area contributed by atoms with Crippen molar-refractivity contribution in [1.82, 2.24) is 9.88 Å². The molecule has 1 aromatic heterocycles. The fourth-order valence-corrected chi connectivity index (χ4v) is 2.18. The lowest BCUT2D eigenvalue weighted by molar-refractivity contribution is -0.385. The van der Waals surface area contributed by atoms with Crippen LogP contribution in [-0.2, 0) is 4.74 Å². The Morgan fingerprint density at radius 1 is 1.28 bits per heavy atom. The lowest BCUT2D eigenvalue weighted by Gasteiger charge is -2.36. The van der Waals surface area contributed by atoms with Crippen LogP contribution in [0.2, 0.25) is 0 Å². The van der Waals surface area contributed by atoms with Crippen molar-refractivity contribution >= 4 is 17.6 Å². The molecule has 0 N–H and O–H groups in total. The van der Waals surface area contributed by atoms with Gasteiger partial charge in [0, 0.05) is 26.2 Å². The van der Waals surface area contributed by atoms with Crippen LogP contribution in [0.3, 0.4) is 0 Å². The minimum absolute atomic E-state index is 0.0550. The van der Waals surface area contributed by atoms with Crippen molar-refractivity contribution in [3.05, 3.63) is 28.2 Å². The molecule has 0 atom stereocenters. The molecular formula is C16H25FN4O4. The van der Waals surface area contributed by atoms with Crippen LogP contribution in [0, 0.1) is 15.9 Å². The number of aromatic nitrogens is 1. The van der Waals surface area contributed by atoms with E-state index in [2.05, 4.69) is 4.98 Å². The molecule has 8 nitrogen and oxygen atoms in total. The summed E-state index contributed by atoms with van der Waals surface area (Å²) < 4.78 is 19.2. The van der Waals surface area contributed by atoms with Gasteiger partial charge in [0.25, 0.3) is 5.69 Å². The average molecular weight is 356 g/mol. The van der Waals surface area contributed by atoms with Crippen LogP contribution < -0.4 is 4.90 Å². The van der Waals surface area contributed by atoms with E-state index in [4.69, 9.17) is 4.74 Å². The highest BCUT2D eigenvalue weighted by Gasteiger charge is 2.27. The van der Waals surface area contributed by atoms with Crippen molar-refractivity contribution in [3.8, 4) is 0 Å². The smallest absolute Gasteiger partial charge is 0.410 e. The van der Waals surface area contributed by atoms with E-state index in [1.165, 1.54) is 0 Å². The highest BCUT2D eigenvalue weighted by Crippen LogP contribution is 2.22. The number of rotatable bonds is 2. The maximum atomic E-state index is 14.0. The molecule has 1 fully saturated rings. The SMILES string of the molecule is CC.CC(C)(C)OC(=O)N1CCN(c2ncc([N+](=O)[O-])cc2F)CC1. The molecule has 0 unspecified atom stereocenters. The van der Waals surface area contributed by atoms with Crippen LogP contribution in [0.15, 0.2) is 12.3 Å². The molecule has 1 aliphatic heterocycles. The maximum Gasteiger partial charge on any atom is 0.410 e. The Bertz CT molecular complexity index is 611. The zero-order valence-electron chi connectivity index (χ0n) is 15.3. The van der Waals surface area contributed by atoms with Crippen LogP contribution in [0.1, 0.15) is 34.6 Å². The lowest BCUT2D eigenvalue weighted by atomic mass is 10.2. The summed E-state index contributed by atoms with van der Waals surface area (Å²) in [4.78, 5) is 28.9. The van der Waals surface area contributed by atoms with Gasteiger partial charge in [0.15, 0.2) is 11.6 Å². The normalized spacial score (nSPS) is 14.5. The Morgan fingerprint density at radius 2 is 1.84 bits per heavy atom. The van der Waals surface area contributed by atoms with Crippen LogP contribution in [0.5, 0.6) is 0 Å². The highest BCUT2D eigenvalue weighted by atomic mass is 19.1. The van der Waals surface area contributed by atoms with Gasteiger partial charge in [-0.05, 0) is 20.8 Å². The van der Waals surface area contributed by atoms with Gasteiger partial charge in [-0.2, -0.15) is 0 Å². The second-order valence-electron chi connectivity index (χ2n) is 6.21. The molecule has 1 saturated heterocycles. The largest absolute Gasteiger partial charge is 0.444 e. The molecule has 0 bridgehead atoms. The quantitative estimate of drug-likeness (QED) is 0.597. The number of nitrogens with zero attached hydrogens (tertiary/aromatic N) is 4. The van der Waals surface area contributed by atoms with Crippen molar-refractivity contribution in [2.45, 2.75) is 40.2 Å². The summed E-state index contributed by atoms with van der Waals surface area (Å²) in [5.74, 6) is -0.690. The number of ether oxygens (including phenoxy) is 1. The predicted octanol–water partition coefficient (Wildman–Crippen LogP) is 3.21. The number of amides is 1. The van der Waals surface area contributed by atoms with Crippen LogP contribution in [0.4, 0.5) is 20.7 Å². The third-order valence-corrected chi connectivity index (χ3v) is 3.25.